The van der Waals surface area contributed by atoms with E-state index in [0.717, 1.165) is 76.6 Å². The van der Waals surface area contributed by atoms with E-state index in [0.29, 0.717) is 10.2 Å². The number of hydrogen-bond donors (Lipinski definition) is 4. The maximum atomic E-state index is 5.26. The van der Waals surface area contributed by atoms with Crippen molar-refractivity contribution in [3.63, 3.8) is 0 Å². The third-order valence-electron chi connectivity index (χ3n) is 4.84. The molecule has 0 saturated heterocycles. The zero-order valence-electron chi connectivity index (χ0n) is 20.0. The molecule has 1 radical (unpaired) electrons. The van der Waals surface area contributed by atoms with Gasteiger partial charge in [-0.1, -0.05) is 27.7 Å². The quantitative estimate of drug-likeness (QED) is 0.0857. The first-order valence-corrected chi connectivity index (χ1v) is 11.8. The molecular weight excluding hydrogens is 480 g/mol. The second kappa shape index (κ2) is 21.0. The fraction of sp³-hybridized carbons (Fsp3) is 0.800. The molecule has 11 heteroatoms. The summed E-state index contributed by atoms with van der Waals surface area (Å²) in [7, 11) is 0. The molecule has 0 aliphatic heterocycles. The number of nitrogens with one attached hydrogen (secondary N) is 4. The second-order valence-electron chi connectivity index (χ2n) is 6.89. The molecule has 0 amide bonds. The molecular formula is C20H42CuN8S2. The zero-order valence-corrected chi connectivity index (χ0v) is 22.6. The van der Waals surface area contributed by atoms with E-state index in [2.05, 4.69) is 69.2 Å². The molecule has 0 aliphatic rings. The minimum absolute atomic E-state index is 0. The van der Waals surface area contributed by atoms with Gasteiger partial charge in [0.15, 0.2) is 10.2 Å². The first kappa shape index (κ1) is 32.3. The van der Waals surface area contributed by atoms with Gasteiger partial charge in [0.05, 0.1) is 11.4 Å². The Balaban J connectivity index is 0. The molecule has 0 rings (SSSR count). The number of rotatable bonds is 15. The summed E-state index contributed by atoms with van der Waals surface area (Å²) in [5.74, 6) is 0. The van der Waals surface area contributed by atoms with Gasteiger partial charge < -0.3 is 20.4 Å². The Morgan fingerprint density at radius 3 is 1.29 bits per heavy atom. The molecule has 0 saturated carbocycles. The summed E-state index contributed by atoms with van der Waals surface area (Å²) in [6.45, 7) is 20.5. The molecule has 185 valence electrons. The molecule has 0 bridgehead atoms. The van der Waals surface area contributed by atoms with Crippen LogP contribution in [0.15, 0.2) is 10.2 Å². The normalized spacial score (nSPS) is 11.9. The molecule has 0 heterocycles. The van der Waals surface area contributed by atoms with Gasteiger partial charge in [-0.2, -0.15) is 10.2 Å². The first-order chi connectivity index (χ1) is 14.4. The first-order valence-electron chi connectivity index (χ1n) is 11.0. The van der Waals surface area contributed by atoms with Gasteiger partial charge >= 0.3 is 0 Å². The maximum absolute atomic E-state index is 5.26. The number of nitrogens with zero attached hydrogens (tertiary/aromatic N) is 4. The monoisotopic (exact) mass is 522 g/mol. The van der Waals surface area contributed by atoms with Crippen molar-refractivity contribution < 1.29 is 17.1 Å². The van der Waals surface area contributed by atoms with Gasteiger partial charge in [0.2, 0.25) is 0 Å². The molecule has 0 fully saturated rings. The molecule has 31 heavy (non-hydrogen) atoms. The van der Waals surface area contributed by atoms with E-state index in [1.807, 2.05) is 13.8 Å². The van der Waals surface area contributed by atoms with Gasteiger partial charge in [-0.05, 0) is 90.4 Å². The Morgan fingerprint density at radius 1 is 0.677 bits per heavy atom. The molecule has 0 aromatic carbocycles. The summed E-state index contributed by atoms with van der Waals surface area (Å²) in [5.41, 5.74) is 7.20. The van der Waals surface area contributed by atoms with E-state index in [4.69, 9.17) is 24.4 Å². The van der Waals surface area contributed by atoms with Crippen LogP contribution in [0.5, 0.6) is 0 Å². The Hall–Kier alpha value is -0.841. The number of hydrogen-bond acceptors (Lipinski definition) is 6. The smallest absolute Gasteiger partial charge is 0.186 e. The second-order valence-corrected chi connectivity index (χ2v) is 7.71. The third kappa shape index (κ3) is 17.4. The van der Waals surface area contributed by atoms with E-state index in [1.54, 1.807) is 0 Å². The molecule has 4 N–H and O–H groups in total. The van der Waals surface area contributed by atoms with Crippen molar-refractivity contribution in [3.8, 4) is 0 Å². The van der Waals surface area contributed by atoms with Crippen molar-refractivity contribution in [2.24, 2.45) is 10.2 Å². The summed E-state index contributed by atoms with van der Waals surface area (Å²) >= 11 is 10.5. The van der Waals surface area contributed by atoms with Crippen molar-refractivity contribution in [2.75, 3.05) is 52.4 Å². The van der Waals surface area contributed by atoms with E-state index in [1.165, 1.54) is 0 Å². The van der Waals surface area contributed by atoms with Crippen LogP contribution in [-0.2, 0) is 17.1 Å². The summed E-state index contributed by atoms with van der Waals surface area (Å²) in [6, 6.07) is 0. The Bertz CT molecular complexity index is 501. The van der Waals surface area contributed by atoms with Crippen LogP contribution in [0.25, 0.3) is 0 Å². The zero-order chi connectivity index (χ0) is 22.8. The Labute approximate surface area is 210 Å². The van der Waals surface area contributed by atoms with Crippen molar-refractivity contribution in [1.29, 1.82) is 0 Å². The van der Waals surface area contributed by atoms with Crippen molar-refractivity contribution in [1.82, 2.24) is 31.3 Å². The van der Waals surface area contributed by atoms with Crippen LogP contribution in [0, 0.1) is 0 Å². The molecule has 0 spiro atoms. The van der Waals surface area contributed by atoms with Crippen LogP contribution in [0.3, 0.4) is 0 Å². The molecule has 0 atom stereocenters. The van der Waals surface area contributed by atoms with Gasteiger partial charge in [-0.15, -0.1) is 0 Å². The van der Waals surface area contributed by atoms with Gasteiger partial charge in [0.1, 0.15) is 0 Å². The summed E-state index contributed by atoms with van der Waals surface area (Å²) in [6.07, 6.45) is 2.08. The van der Waals surface area contributed by atoms with E-state index < -0.39 is 0 Å². The summed E-state index contributed by atoms with van der Waals surface area (Å²) in [5, 5.41) is 15.9. The van der Waals surface area contributed by atoms with Gasteiger partial charge in [0.25, 0.3) is 0 Å². The average Bonchev–Trinajstić information content (AvgIpc) is 2.75. The van der Waals surface area contributed by atoms with Crippen LogP contribution < -0.4 is 21.5 Å². The number of thiocarbonyl (C=S) groups is 2. The van der Waals surface area contributed by atoms with Crippen molar-refractivity contribution >= 4 is 46.1 Å². The van der Waals surface area contributed by atoms with Crippen molar-refractivity contribution in [3.05, 3.63) is 0 Å². The van der Waals surface area contributed by atoms with Crippen LogP contribution in [-0.4, -0.2) is 83.8 Å². The fourth-order valence-corrected chi connectivity index (χ4v) is 2.89. The predicted octanol–water partition coefficient (Wildman–Crippen LogP) is 2.13. The third-order valence-corrected chi connectivity index (χ3v) is 5.31. The van der Waals surface area contributed by atoms with E-state index >= 15 is 0 Å². The van der Waals surface area contributed by atoms with Crippen LogP contribution in [0.4, 0.5) is 0 Å². The minimum Gasteiger partial charge on any atom is -0.361 e. The molecule has 0 aromatic heterocycles. The fourth-order valence-electron chi connectivity index (χ4n) is 2.60. The molecule has 0 unspecified atom stereocenters. The summed E-state index contributed by atoms with van der Waals surface area (Å²) in [4.78, 5) is 4.77. The van der Waals surface area contributed by atoms with E-state index in [9.17, 15) is 0 Å². The topological polar surface area (TPSA) is 79.3 Å². The largest absolute Gasteiger partial charge is 0.361 e. The van der Waals surface area contributed by atoms with Crippen molar-refractivity contribution in [2.45, 2.75) is 54.4 Å². The number of hydrazone groups is 2. The Morgan fingerprint density at radius 2 is 1.00 bits per heavy atom. The van der Waals surface area contributed by atoms with Crippen LogP contribution >= 0.6 is 24.4 Å². The predicted molar refractivity (Wildman–Crippen MR) is 139 cm³/mol. The molecule has 0 aliphatic carbocycles. The standard InChI is InChI=1S/C20H42N8S2.Cu/c1-7-27(8-2)15-11-13-21-19(29)25-23-17(5)18(6)24-26-20(30)22-14-12-16-28(9-3)10-4;/h7-16H2,1-6H3,(H2,21,25,29)(H2,22,26,30);/b23-17-,24-18-;/i;1+0. The maximum Gasteiger partial charge on any atom is 0.186 e. The van der Waals surface area contributed by atoms with Gasteiger partial charge in [-0.3, -0.25) is 10.9 Å². The van der Waals surface area contributed by atoms with Gasteiger partial charge in [0, 0.05) is 30.2 Å². The summed E-state index contributed by atoms with van der Waals surface area (Å²) < 4.78 is 0. The average molecular weight is 523 g/mol. The van der Waals surface area contributed by atoms with Gasteiger partial charge in [-0.25, -0.2) is 0 Å². The SMILES string of the molecule is CCN(CC)CCCNC(=S)N/N=C(C)\C(C)=N/NC(=S)NCCCN(CC)CC.[64Cu]. The van der Waals surface area contributed by atoms with Crippen LogP contribution in [0.1, 0.15) is 54.4 Å². The Kier molecular flexibility index (Phi) is 21.9. The van der Waals surface area contributed by atoms with Crippen LogP contribution in [0.2, 0.25) is 0 Å². The van der Waals surface area contributed by atoms with E-state index in [-0.39, 0.29) is 17.1 Å². The minimum atomic E-state index is 0. The molecule has 0 aromatic rings. The molecule has 8 nitrogen and oxygen atoms in total.